The molecule has 0 aliphatic carbocycles. The summed E-state index contributed by atoms with van der Waals surface area (Å²) in [6.45, 7) is 3.85. The predicted octanol–water partition coefficient (Wildman–Crippen LogP) is -0.172. The maximum Gasteiger partial charge on any atom is 0.226 e. The van der Waals surface area contributed by atoms with Crippen molar-refractivity contribution in [2.75, 3.05) is 37.7 Å². The van der Waals surface area contributed by atoms with Gasteiger partial charge in [0.15, 0.2) is 0 Å². The van der Waals surface area contributed by atoms with Crippen molar-refractivity contribution in [1.82, 2.24) is 10.2 Å². The van der Waals surface area contributed by atoms with Gasteiger partial charge in [0.25, 0.3) is 0 Å². The van der Waals surface area contributed by atoms with Crippen LogP contribution < -0.4 is 11.1 Å². The normalized spacial score (nSPS) is 17.3. The van der Waals surface area contributed by atoms with Crippen LogP contribution in [0.3, 0.4) is 0 Å². The molecule has 15 heavy (non-hydrogen) atoms. The molecule has 1 amide bonds. The van der Waals surface area contributed by atoms with E-state index in [4.69, 9.17) is 5.73 Å². The molecule has 86 valence electrons. The van der Waals surface area contributed by atoms with E-state index >= 15 is 0 Å². The van der Waals surface area contributed by atoms with Gasteiger partial charge in [-0.2, -0.15) is 11.8 Å². The summed E-state index contributed by atoms with van der Waals surface area (Å²) < 4.78 is 0. The quantitative estimate of drug-likeness (QED) is 0.661. The van der Waals surface area contributed by atoms with E-state index in [1.807, 2.05) is 11.8 Å². The summed E-state index contributed by atoms with van der Waals surface area (Å²) in [5, 5.41) is 2.81. The average molecular weight is 247 g/mol. The van der Waals surface area contributed by atoms with Gasteiger partial charge in [0.05, 0.1) is 11.4 Å². The predicted molar refractivity (Wildman–Crippen MR) is 68.2 cm³/mol. The lowest BCUT2D eigenvalue weighted by Gasteiger charge is -2.25. The lowest BCUT2D eigenvalue weighted by Crippen LogP contribution is -2.39. The van der Waals surface area contributed by atoms with Crippen LogP contribution >= 0.6 is 24.0 Å². The first-order valence-electron chi connectivity index (χ1n) is 5.03. The molecule has 0 aromatic heterocycles. The van der Waals surface area contributed by atoms with Crippen LogP contribution in [0.25, 0.3) is 0 Å². The van der Waals surface area contributed by atoms with Crippen LogP contribution in [0.2, 0.25) is 0 Å². The number of nitrogens with zero attached hydrogens (tertiary/aromatic N) is 1. The number of hydrogen-bond donors (Lipinski definition) is 2. The maximum atomic E-state index is 11.2. The van der Waals surface area contributed by atoms with Crippen LogP contribution in [-0.2, 0) is 4.79 Å². The molecule has 1 heterocycles. The number of nitrogens with two attached hydrogens (primary N) is 1. The number of carbonyl (C=O) groups excluding carboxylic acids is 1. The van der Waals surface area contributed by atoms with Crippen molar-refractivity contribution in [2.45, 2.75) is 6.42 Å². The molecule has 0 atom stereocenters. The second-order valence-electron chi connectivity index (χ2n) is 3.45. The summed E-state index contributed by atoms with van der Waals surface area (Å²) in [7, 11) is 0. The Morgan fingerprint density at radius 2 is 2.13 bits per heavy atom. The summed E-state index contributed by atoms with van der Waals surface area (Å²) in [5.41, 5.74) is 5.27. The number of hydrogen-bond acceptors (Lipinski definition) is 4. The highest BCUT2D eigenvalue weighted by Crippen LogP contribution is 2.07. The van der Waals surface area contributed by atoms with Crippen LogP contribution in [0.5, 0.6) is 0 Å². The van der Waals surface area contributed by atoms with Gasteiger partial charge in [-0.25, -0.2) is 0 Å². The lowest BCUT2D eigenvalue weighted by molar-refractivity contribution is -0.119. The SMILES string of the molecule is NC(=S)CC(=O)NCCN1CCSCC1. The van der Waals surface area contributed by atoms with E-state index in [2.05, 4.69) is 22.4 Å². The van der Waals surface area contributed by atoms with Crippen molar-refractivity contribution in [3.8, 4) is 0 Å². The van der Waals surface area contributed by atoms with Gasteiger partial charge in [0.1, 0.15) is 0 Å². The largest absolute Gasteiger partial charge is 0.393 e. The summed E-state index contributed by atoms with van der Waals surface area (Å²) >= 11 is 6.64. The molecule has 0 radical (unpaired) electrons. The first-order chi connectivity index (χ1) is 7.18. The van der Waals surface area contributed by atoms with Gasteiger partial charge in [-0.1, -0.05) is 12.2 Å². The molecule has 0 unspecified atom stereocenters. The summed E-state index contributed by atoms with van der Waals surface area (Å²) in [6.07, 6.45) is 0.158. The van der Waals surface area contributed by atoms with Crippen molar-refractivity contribution in [3.63, 3.8) is 0 Å². The van der Waals surface area contributed by atoms with Crippen LogP contribution in [0.1, 0.15) is 6.42 Å². The minimum atomic E-state index is -0.0751. The van der Waals surface area contributed by atoms with Crippen LogP contribution in [0.15, 0.2) is 0 Å². The van der Waals surface area contributed by atoms with E-state index in [0.717, 1.165) is 19.6 Å². The molecule has 1 fully saturated rings. The van der Waals surface area contributed by atoms with Crippen LogP contribution in [0, 0.1) is 0 Å². The molecule has 0 bridgehead atoms. The minimum Gasteiger partial charge on any atom is -0.393 e. The fourth-order valence-corrected chi connectivity index (χ4v) is 2.51. The van der Waals surface area contributed by atoms with Gasteiger partial charge < -0.3 is 11.1 Å². The van der Waals surface area contributed by atoms with E-state index in [0.29, 0.717) is 6.54 Å². The molecule has 1 aliphatic heterocycles. The standard InChI is InChI=1S/C9H17N3OS2/c10-8(14)7-9(13)11-1-2-12-3-5-15-6-4-12/h1-7H2,(H2,10,14)(H,11,13). The maximum absolute atomic E-state index is 11.2. The van der Waals surface area contributed by atoms with Crippen molar-refractivity contribution < 1.29 is 4.79 Å². The molecule has 4 nitrogen and oxygen atoms in total. The molecule has 0 aromatic carbocycles. The number of thiocarbonyl (C=S) groups is 1. The third-order valence-corrected chi connectivity index (χ3v) is 3.28. The number of thioether (sulfide) groups is 1. The zero-order chi connectivity index (χ0) is 11.1. The van der Waals surface area contributed by atoms with Crippen molar-refractivity contribution in [3.05, 3.63) is 0 Å². The number of rotatable bonds is 5. The Bertz CT molecular complexity index is 229. The molecule has 6 heteroatoms. The number of nitrogens with one attached hydrogen (secondary N) is 1. The molecule has 1 saturated heterocycles. The molecular weight excluding hydrogens is 230 g/mol. The first-order valence-corrected chi connectivity index (χ1v) is 6.60. The van der Waals surface area contributed by atoms with E-state index in [1.165, 1.54) is 11.5 Å². The Balaban J connectivity index is 2.04. The Kier molecular flexibility index (Phi) is 5.97. The molecule has 0 spiro atoms. The molecule has 0 aromatic rings. The van der Waals surface area contributed by atoms with E-state index < -0.39 is 0 Å². The zero-order valence-electron chi connectivity index (χ0n) is 8.70. The third-order valence-electron chi connectivity index (χ3n) is 2.19. The van der Waals surface area contributed by atoms with Gasteiger partial charge >= 0.3 is 0 Å². The Labute approximate surface area is 99.9 Å². The van der Waals surface area contributed by atoms with E-state index in [9.17, 15) is 4.79 Å². The van der Waals surface area contributed by atoms with Crippen LogP contribution in [0.4, 0.5) is 0 Å². The summed E-state index contributed by atoms with van der Waals surface area (Å²) in [5.74, 6) is 2.32. The van der Waals surface area contributed by atoms with Gasteiger partial charge in [-0.3, -0.25) is 9.69 Å². The summed E-state index contributed by atoms with van der Waals surface area (Å²) in [6, 6.07) is 0. The van der Waals surface area contributed by atoms with E-state index in [1.54, 1.807) is 0 Å². The van der Waals surface area contributed by atoms with Gasteiger partial charge in [-0.05, 0) is 0 Å². The fraction of sp³-hybridized carbons (Fsp3) is 0.778. The Morgan fingerprint density at radius 1 is 1.47 bits per heavy atom. The number of amides is 1. The highest BCUT2D eigenvalue weighted by Gasteiger charge is 2.10. The Hall–Kier alpha value is -0.330. The zero-order valence-corrected chi connectivity index (χ0v) is 10.3. The molecule has 0 saturated carbocycles. The van der Waals surface area contributed by atoms with Crippen molar-refractivity contribution in [2.24, 2.45) is 5.73 Å². The molecule has 3 N–H and O–H groups in total. The van der Waals surface area contributed by atoms with Gasteiger partial charge in [0.2, 0.25) is 5.91 Å². The molecular formula is C9H17N3OS2. The third kappa shape index (κ3) is 5.96. The summed E-state index contributed by atoms with van der Waals surface area (Å²) in [4.78, 5) is 13.8. The van der Waals surface area contributed by atoms with Crippen molar-refractivity contribution >= 4 is 34.9 Å². The Morgan fingerprint density at radius 3 is 2.73 bits per heavy atom. The molecule has 1 aliphatic rings. The highest BCUT2D eigenvalue weighted by atomic mass is 32.2. The van der Waals surface area contributed by atoms with E-state index in [-0.39, 0.29) is 17.3 Å². The highest BCUT2D eigenvalue weighted by molar-refractivity contribution is 7.99. The van der Waals surface area contributed by atoms with Gasteiger partial charge in [-0.15, -0.1) is 0 Å². The second kappa shape index (κ2) is 7.03. The van der Waals surface area contributed by atoms with Crippen LogP contribution in [-0.4, -0.2) is 53.5 Å². The van der Waals surface area contributed by atoms with Gasteiger partial charge in [0, 0.05) is 37.7 Å². The molecule has 1 rings (SSSR count). The van der Waals surface area contributed by atoms with Crippen molar-refractivity contribution in [1.29, 1.82) is 0 Å². The minimum absolute atomic E-state index is 0.0751. The second-order valence-corrected chi connectivity index (χ2v) is 5.20. The number of carbonyl (C=O) groups is 1. The first kappa shape index (κ1) is 12.7. The monoisotopic (exact) mass is 247 g/mol. The smallest absolute Gasteiger partial charge is 0.226 e. The lowest BCUT2D eigenvalue weighted by atomic mass is 10.4. The average Bonchev–Trinajstić information content (AvgIpc) is 2.18. The topological polar surface area (TPSA) is 58.4 Å². The fourth-order valence-electron chi connectivity index (χ4n) is 1.40.